The average molecular weight is 340 g/mol. The lowest BCUT2D eigenvalue weighted by molar-refractivity contribution is -0.135. The maximum atomic E-state index is 13.4. The molecule has 0 spiro atoms. The van der Waals surface area contributed by atoms with Crippen molar-refractivity contribution >= 4 is 17.3 Å². The predicted molar refractivity (Wildman–Crippen MR) is 99.0 cm³/mol. The number of methoxy groups -OCH3 is 2. The van der Waals surface area contributed by atoms with Gasteiger partial charge in [-0.3, -0.25) is 9.69 Å². The molecule has 0 fully saturated rings. The summed E-state index contributed by atoms with van der Waals surface area (Å²) in [5, 5.41) is 3.46. The molecule has 1 amide bonds. The molecule has 1 aliphatic rings. The average Bonchev–Trinajstić information content (AvgIpc) is 2.58. The minimum absolute atomic E-state index is 0.0756. The first kappa shape index (κ1) is 17.5. The van der Waals surface area contributed by atoms with Crippen molar-refractivity contribution in [3.05, 3.63) is 59.2 Å². The molecule has 1 heterocycles. The van der Waals surface area contributed by atoms with Crippen LogP contribution in [-0.2, 0) is 9.47 Å². The third-order valence-corrected chi connectivity index (χ3v) is 4.76. The van der Waals surface area contributed by atoms with Crippen molar-refractivity contribution in [3.63, 3.8) is 0 Å². The quantitative estimate of drug-likeness (QED) is 0.862. The Labute approximate surface area is 148 Å². The number of hydrogen-bond acceptors (Lipinski definition) is 4. The number of benzene rings is 2. The molecule has 132 valence electrons. The van der Waals surface area contributed by atoms with Gasteiger partial charge in [0.1, 0.15) is 0 Å². The summed E-state index contributed by atoms with van der Waals surface area (Å²) in [6, 6.07) is 13.5. The number of fused-ring (bicyclic) bond motifs is 1. The lowest BCUT2D eigenvalue weighted by Gasteiger charge is -2.49. The van der Waals surface area contributed by atoms with Gasteiger partial charge in [-0.05, 0) is 44.0 Å². The first-order valence-electron chi connectivity index (χ1n) is 8.27. The van der Waals surface area contributed by atoms with Crippen LogP contribution in [0.2, 0.25) is 0 Å². The van der Waals surface area contributed by atoms with Gasteiger partial charge >= 0.3 is 0 Å². The number of aryl methyl sites for hydroxylation is 2. The molecule has 0 unspecified atom stereocenters. The van der Waals surface area contributed by atoms with Crippen LogP contribution in [0.1, 0.15) is 28.4 Å². The zero-order valence-corrected chi connectivity index (χ0v) is 15.3. The van der Waals surface area contributed by atoms with Crippen LogP contribution in [0, 0.1) is 13.8 Å². The van der Waals surface area contributed by atoms with Crippen LogP contribution in [0.5, 0.6) is 0 Å². The minimum Gasteiger partial charge on any atom is -0.358 e. The van der Waals surface area contributed by atoms with E-state index in [9.17, 15) is 4.79 Å². The van der Waals surface area contributed by atoms with Gasteiger partial charge in [0.05, 0.1) is 11.3 Å². The second-order valence-corrected chi connectivity index (χ2v) is 6.50. The number of amides is 1. The van der Waals surface area contributed by atoms with Crippen molar-refractivity contribution in [1.82, 2.24) is 0 Å². The van der Waals surface area contributed by atoms with Gasteiger partial charge in [-0.15, -0.1) is 0 Å². The Hall–Kier alpha value is -2.37. The molecule has 0 bridgehead atoms. The third-order valence-electron chi connectivity index (χ3n) is 4.76. The van der Waals surface area contributed by atoms with E-state index in [1.54, 1.807) is 19.1 Å². The molecule has 0 aromatic heterocycles. The van der Waals surface area contributed by atoms with Crippen LogP contribution < -0.4 is 10.2 Å². The van der Waals surface area contributed by atoms with Gasteiger partial charge in [0.2, 0.25) is 0 Å². The Kier molecular flexibility index (Phi) is 4.54. The lowest BCUT2D eigenvalue weighted by Crippen LogP contribution is -2.66. The zero-order valence-electron chi connectivity index (χ0n) is 15.3. The molecule has 2 aromatic carbocycles. The number of hydrogen-bond donors (Lipinski definition) is 1. The number of rotatable bonds is 4. The van der Waals surface area contributed by atoms with Gasteiger partial charge in [0.15, 0.2) is 12.0 Å². The normalized spacial score (nSPS) is 19.8. The number of carbonyl (C=O) groups is 1. The van der Waals surface area contributed by atoms with Gasteiger partial charge in [-0.1, -0.05) is 30.3 Å². The van der Waals surface area contributed by atoms with Gasteiger partial charge in [-0.25, -0.2) is 0 Å². The molecule has 1 aliphatic heterocycles. The topological polar surface area (TPSA) is 50.8 Å². The van der Waals surface area contributed by atoms with E-state index in [0.717, 1.165) is 22.5 Å². The predicted octanol–water partition coefficient (Wildman–Crippen LogP) is 3.71. The highest BCUT2D eigenvalue weighted by Gasteiger charge is 2.49. The van der Waals surface area contributed by atoms with E-state index in [1.165, 1.54) is 0 Å². The van der Waals surface area contributed by atoms with E-state index in [2.05, 4.69) is 5.32 Å². The fraction of sp³-hybridized carbons (Fsp3) is 0.350. The summed E-state index contributed by atoms with van der Waals surface area (Å²) >= 11 is 0. The van der Waals surface area contributed by atoms with Crippen LogP contribution >= 0.6 is 0 Å². The number of nitrogens with zero attached hydrogens (tertiary/aromatic N) is 1. The van der Waals surface area contributed by atoms with Crippen molar-refractivity contribution in [3.8, 4) is 0 Å². The SMILES string of the molecule is COC(OC)[C@]1(C)Nc2ccccc2C(=O)N1c1c(C)cccc1C. The highest BCUT2D eigenvalue weighted by molar-refractivity contribution is 6.13. The summed E-state index contributed by atoms with van der Waals surface area (Å²) in [5.41, 5.74) is 3.42. The van der Waals surface area contributed by atoms with E-state index in [-0.39, 0.29) is 5.91 Å². The molecule has 0 aliphatic carbocycles. The van der Waals surface area contributed by atoms with Crippen LogP contribution in [0.15, 0.2) is 42.5 Å². The molecule has 3 rings (SSSR count). The monoisotopic (exact) mass is 340 g/mol. The molecule has 5 heteroatoms. The highest BCUT2D eigenvalue weighted by atomic mass is 16.7. The molecule has 5 nitrogen and oxygen atoms in total. The van der Waals surface area contributed by atoms with Crippen molar-refractivity contribution in [2.24, 2.45) is 0 Å². The van der Waals surface area contributed by atoms with Crippen molar-refractivity contribution in [2.75, 3.05) is 24.4 Å². The lowest BCUT2D eigenvalue weighted by atomic mass is 9.96. The largest absolute Gasteiger partial charge is 0.358 e. The van der Waals surface area contributed by atoms with E-state index in [0.29, 0.717) is 5.56 Å². The fourth-order valence-electron chi connectivity index (χ4n) is 3.65. The Morgan fingerprint density at radius 1 is 1.00 bits per heavy atom. The molecular formula is C20H24N2O3. The standard InChI is InChI=1S/C20H24N2O3/c1-13-9-8-10-14(2)17(13)22-18(23)15-11-6-7-12-16(15)21-20(22,3)19(24-4)25-5/h6-12,19,21H,1-5H3/t20-/m1/s1. The molecule has 2 aromatic rings. The molecule has 1 atom stereocenters. The molecule has 1 N–H and O–H groups in total. The Morgan fingerprint density at radius 2 is 1.60 bits per heavy atom. The molecule has 25 heavy (non-hydrogen) atoms. The summed E-state index contributed by atoms with van der Waals surface area (Å²) in [5.74, 6) is -0.0756. The van der Waals surface area contributed by atoms with Crippen LogP contribution in [0.25, 0.3) is 0 Å². The summed E-state index contributed by atoms with van der Waals surface area (Å²) in [6.45, 7) is 5.93. The van der Waals surface area contributed by atoms with E-state index >= 15 is 0 Å². The van der Waals surface area contributed by atoms with Crippen molar-refractivity contribution in [1.29, 1.82) is 0 Å². The Bertz CT molecular complexity index is 781. The summed E-state index contributed by atoms with van der Waals surface area (Å²) in [7, 11) is 3.16. The first-order chi connectivity index (χ1) is 11.9. The van der Waals surface area contributed by atoms with Crippen LogP contribution in [0.4, 0.5) is 11.4 Å². The number of nitrogens with one attached hydrogen (secondary N) is 1. The second-order valence-electron chi connectivity index (χ2n) is 6.50. The first-order valence-corrected chi connectivity index (χ1v) is 8.27. The second kappa shape index (κ2) is 6.50. The van der Waals surface area contributed by atoms with Gasteiger partial charge in [0.25, 0.3) is 5.91 Å². The number of para-hydroxylation sites is 2. The number of anilines is 2. The fourth-order valence-corrected chi connectivity index (χ4v) is 3.65. The van der Waals surface area contributed by atoms with E-state index < -0.39 is 12.0 Å². The maximum Gasteiger partial charge on any atom is 0.262 e. The highest BCUT2D eigenvalue weighted by Crippen LogP contribution is 2.40. The Balaban J connectivity index is 2.26. The number of ether oxygens (including phenoxy) is 2. The molecule has 0 radical (unpaired) electrons. The van der Waals surface area contributed by atoms with Gasteiger partial charge < -0.3 is 14.8 Å². The third kappa shape index (κ3) is 2.69. The van der Waals surface area contributed by atoms with Gasteiger partial charge in [-0.2, -0.15) is 0 Å². The smallest absolute Gasteiger partial charge is 0.262 e. The van der Waals surface area contributed by atoms with E-state index in [4.69, 9.17) is 9.47 Å². The van der Waals surface area contributed by atoms with Crippen LogP contribution in [0.3, 0.4) is 0 Å². The van der Waals surface area contributed by atoms with Gasteiger partial charge in [0, 0.05) is 19.9 Å². The zero-order chi connectivity index (χ0) is 18.2. The molecule has 0 saturated heterocycles. The molecule has 0 saturated carbocycles. The molecular weight excluding hydrogens is 316 g/mol. The summed E-state index contributed by atoms with van der Waals surface area (Å²) in [6.07, 6.45) is -0.649. The summed E-state index contributed by atoms with van der Waals surface area (Å²) in [4.78, 5) is 15.2. The minimum atomic E-state index is -0.897. The van der Waals surface area contributed by atoms with E-state index in [1.807, 2.05) is 63.2 Å². The van der Waals surface area contributed by atoms with Crippen molar-refractivity contribution in [2.45, 2.75) is 32.7 Å². The van der Waals surface area contributed by atoms with Crippen molar-refractivity contribution < 1.29 is 14.3 Å². The maximum absolute atomic E-state index is 13.4. The Morgan fingerprint density at radius 3 is 2.20 bits per heavy atom. The summed E-state index contributed by atoms with van der Waals surface area (Å²) < 4.78 is 11.1. The number of carbonyl (C=O) groups excluding carboxylic acids is 1. The van der Waals surface area contributed by atoms with Crippen LogP contribution in [-0.4, -0.2) is 32.1 Å².